The highest BCUT2D eigenvalue weighted by Crippen LogP contribution is 2.31. The summed E-state index contributed by atoms with van der Waals surface area (Å²) in [4.78, 5) is 0. The van der Waals surface area contributed by atoms with Crippen molar-refractivity contribution >= 4 is 0 Å². The maximum absolute atomic E-state index is 6.17. The molecule has 0 spiro atoms. The fraction of sp³-hybridized carbons (Fsp3) is 0.684. The van der Waals surface area contributed by atoms with E-state index in [4.69, 9.17) is 18.9 Å². The van der Waals surface area contributed by atoms with Crippen molar-refractivity contribution in [3.05, 3.63) is 18.2 Å². The first-order chi connectivity index (χ1) is 11.2. The summed E-state index contributed by atoms with van der Waals surface area (Å²) in [6, 6.07) is 5.59. The maximum atomic E-state index is 6.17. The third kappa shape index (κ3) is 5.31. The zero-order chi connectivity index (χ0) is 16.7. The molecule has 1 heterocycles. The Kier molecular flexibility index (Phi) is 7.03. The minimum Gasteiger partial charge on any atom is -0.496 e. The van der Waals surface area contributed by atoms with E-state index in [2.05, 4.69) is 13.8 Å². The van der Waals surface area contributed by atoms with E-state index in [0.717, 1.165) is 23.7 Å². The Labute approximate surface area is 140 Å². The quantitative estimate of drug-likeness (QED) is 0.629. The molecule has 2 rings (SSSR count). The number of methoxy groups -OCH3 is 2. The van der Waals surface area contributed by atoms with Gasteiger partial charge in [0.25, 0.3) is 0 Å². The number of hydrogen-bond donors (Lipinski definition) is 0. The van der Waals surface area contributed by atoms with Crippen molar-refractivity contribution in [1.82, 2.24) is 0 Å². The summed E-state index contributed by atoms with van der Waals surface area (Å²) in [5, 5.41) is 0. The summed E-state index contributed by atoms with van der Waals surface area (Å²) in [6.45, 7) is 5.09. The highest BCUT2D eigenvalue weighted by atomic mass is 16.5. The lowest BCUT2D eigenvalue weighted by Crippen LogP contribution is -2.19. The lowest BCUT2D eigenvalue weighted by Gasteiger charge is -2.16. The van der Waals surface area contributed by atoms with Gasteiger partial charge in [-0.1, -0.05) is 33.1 Å². The Bertz CT molecular complexity index is 452. The van der Waals surface area contributed by atoms with Crippen LogP contribution in [0.15, 0.2) is 18.2 Å². The zero-order valence-corrected chi connectivity index (χ0v) is 14.8. The lowest BCUT2D eigenvalue weighted by molar-refractivity contribution is 0.00702. The molecule has 4 nitrogen and oxygen atoms in total. The number of ether oxygens (including phenoxy) is 4. The van der Waals surface area contributed by atoms with E-state index in [1.165, 1.54) is 25.7 Å². The minimum absolute atomic E-state index is 0.175. The molecular formula is C19H30O4. The third-order valence-electron chi connectivity index (χ3n) is 4.49. The predicted octanol–water partition coefficient (Wildman–Crippen LogP) is 4.46. The molecular weight excluding hydrogens is 292 g/mol. The van der Waals surface area contributed by atoms with Crippen LogP contribution in [-0.2, 0) is 4.74 Å². The molecule has 1 saturated heterocycles. The van der Waals surface area contributed by atoms with Gasteiger partial charge in [-0.25, -0.2) is 0 Å². The van der Waals surface area contributed by atoms with E-state index in [1.54, 1.807) is 14.2 Å². The molecule has 0 radical (unpaired) electrons. The molecule has 0 N–H and O–H groups in total. The first-order valence-electron chi connectivity index (χ1n) is 8.67. The highest BCUT2D eigenvalue weighted by Gasteiger charge is 2.32. The van der Waals surface area contributed by atoms with Gasteiger partial charge in [0.15, 0.2) is 0 Å². The van der Waals surface area contributed by atoms with Gasteiger partial charge in [-0.3, -0.25) is 0 Å². The molecule has 0 bridgehead atoms. The van der Waals surface area contributed by atoms with E-state index < -0.39 is 0 Å². The summed E-state index contributed by atoms with van der Waals surface area (Å²) in [5.74, 6) is 2.84. The molecule has 4 heteroatoms. The molecule has 3 atom stereocenters. The molecule has 0 saturated carbocycles. The molecule has 0 aliphatic carbocycles. The first-order valence-corrected chi connectivity index (χ1v) is 8.67. The first kappa shape index (κ1) is 17.9. The molecule has 1 aliphatic rings. The van der Waals surface area contributed by atoms with Gasteiger partial charge in [-0.2, -0.15) is 0 Å². The fourth-order valence-corrected chi connectivity index (χ4v) is 3.11. The number of rotatable bonds is 9. The summed E-state index contributed by atoms with van der Waals surface area (Å²) in [7, 11) is 3.28. The van der Waals surface area contributed by atoms with Gasteiger partial charge in [-0.15, -0.1) is 0 Å². The second kappa shape index (κ2) is 9.02. The van der Waals surface area contributed by atoms with Crippen LogP contribution in [0, 0.1) is 5.92 Å². The normalized spacial score (nSPS) is 23.7. The van der Waals surface area contributed by atoms with Crippen LogP contribution >= 0.6 is 0 Å². The van der Waals surface area contributed by atoms with Crippen LogP contribution in [0.25, 0.3) is 0 Å². The summed E-state index contributed by atoms with van der Waals surface area (Å²) in [5.41, 5.74) is 0. The van der Waals surface area contributed by atoms with Crippen molar-refractivity contribution in [3.63, 3.8) is 0 Å². The van der Waals surface area contributed by atoms with Crippen molar-refractivity contribution in [1.29, 1.82) is 0 Å². The molecule has 2 unspecified atom stereocenters. The standard InChI is InChI=1S/C19H30O4/c1-5-6-7-8-19-14(2)9-18(23-19)13-22-17-11-15(20-3)10-16(12-17)21-4/h10-12,14,18-19H,5-9,13H2,1-4H3/t14-,18?,19?/m1/s1. The Morgan fingerprint density at radius 2 is 1.70 bits per heavy atom. The SMILES string of the molecule is CCCCCC1OC(COc2cc(OC)cc(OC)c2)C[C@H]1C. The molecule has 0 amide bonds. The van der Waals surface area contributed by atoms with Crippen LogP contribution in [0.1, 0.15) is 46.0 Å². The van der Waals surface area contributed by atoms with E-state index in [1.807, 2.05) is 18.2 Å². The molecule has 130 valence electrons. The predicted molar refractivity (Wildman–Crippen MR) is 91.6 cm³/mol. The van der Waals surface area contributed by atoms with Gasteiger partial charge in [0.2, 0.25) is 0 Å². The van der Waals surface area contributed by atoms with Gasteiger partial charge in [0.1, 0.15) is 23.9 Å². The molecule has 1 fully saturated rings. The Balaban J connectivity index is 1.84. The van der Waals surface area contributed by atoms with Gasteiger partial charge >= 0.3 is 0 Å². The van der Waals surface area contributed by atoms with Crippen molar-refractivity contribution in [2.75, 3.05) is 20.8 Å². The van der Waals surface area contributed by atoms with E-state index in [-0.39, 0.29) is 6.10 Å². The van der Waals surface area contributed by atoms with Crippen LogP contribution in [0.4, 0.5) is 0 Å². The average Bonchev–Trinajstić information content (AvgIpc) is 2.93. The molecule has 0 aromatic heterocycles. The summed E-state index contributed by atoms with van der Waals surface area (Å²) >= 11 is 0. The topological polar surface area (TPSA) is 36.9 Å². The second-order valence-electron chi connectivity index (χ2n) is 6.36. The zero-order valence-electron chi connectivity index (χ0n) is 14.8. The van der Waals surface area contributed by atoms with Crippen molar-refractivity contribution in [2.24, 2.45) is 5.92 Å². The average molecular weight is 322 g/mol. The van der Waals surface area contributed by atoms with Crippen LogP contribution in [0.5, 0.6) is 17.2 Å². The van der Waals surface area contributed by atoms with Crippen LogP contribution < -0.4 is 14.2 Å². The Morgan fingerprint density at radius 3 is 2.30 bits per heavy atom. The Morgan fingerprint density at radius 1 is 1.04 bits per heavy atom. The van der Waals surface area contributed by atoms with Gasteiger partial charge in [0.05, 0.1) is 26.4 Å². The molecule has 1 aromatic carbocycles. The number of benzene rings is 1. The van der Waals surface area contributed by atoms with E-state index in [0.29, 0.717) is 18.6 Å². The summed E-state index contributed by atoms with van der Waals surface area (Å²) in [6.07, 6.45) is 6.59. The van der Waals surface area contributed by atoms with Gasteiger partial charge < -0.3 is 18.9 Å². The Hall–Kier alpha value is -1.42. The van der Waals surface area contributed by atoms with E-state index in [9.17, 15) is 0 Å². The minimum atomic E-state index is 0.175. The molecule has 1 aromatic rings. The second-order valence-corrected chi connectivity index (χ2v) is 6.36. The van der Waals surface area contributed by atoms with E-state index >= 15 is 0 Å². The molecule has 23 heavy (non-hydrogen) atoms. The lowest BCUT2D eigenvalue weighted by atomic mass is 9.97. The van der Waals surface area contributed by atoms with Crippen LogP contribution in [0.3, 0.4) is 0 Å². The monoisotopic (exact) mass is 322 g/mol. The number of unbranched alkanes of at least 4 members (excludes halogenated alkanes) is 2. The maximum Gasteiger partial charge on any atom is 0.126 e. The van der Waals surface area contributed by atoms with Crippen molar-refractivity contribution in [2.45, 2.75) is 58.2 Å². The fourth-order valence-electron chi connectivity index (χ4n) is 3.11. The van der Waals surface area contributed by atoms with Crippen molar-refractivity contribution < 1.29 is 18.9 Å². The molecule has 1 aliphatic heterocycles. The number of hydrogen-bond acceptors (Lipinski definition) is 4. The van der Waals surface area contributed by atoms with Crippen LogP contribution in [0.2, 0.25) is 0 Å². The van der Waals surface area contributed by atoms with Crippen LogP contribution in [-0.4, -0.2) is 33.0 Å². The third-order valence-corrected chi connectivity index (χ3v) is 4.49. The van der Waals surface area contributed by atoms with Crippen molar-refractivity contribution in [3.8, 4) is 17.2 Å². The van der Waals surface area contributed by atoms with Gasteiger partial charge in [0, 0.05) is 18.2 Å². The smallest absolute Gasteiger partial charge is 0.126 e. The largest absolute Gasteiger partial charge is 0.496 e. The van der Waals surface area contributed by atoms with Gasteiger partial charge in [-0.05, 0) is 18.8 Å². The highest BCUT2D eigenvalue weighted by molar-refractivity contribution is 5.42. The summed E-state index contributed by atoms with van der Waals surface area (Å²) < 4.78 is 22.6.